The standard InChI is InChI=1S/C19H20N2O2/c1-13-6-2-3-7-14(13)12-18(22)21-17-9-5-4-8-16(17)19(23)20-15-10-11-15/h2-9,15H,10-12H2,1H3,(H,20,23)(H,21,22). The zero-order valence-corrected chi connectivity index (χ0v) is 13.1. The molecule has 0 radical (unpaired) electrons. The van der Waals surface area contributed by atoms with Crippen LogP contribution in [-0.2, 0) is 11.2 Å². The van der Waals surface area contributed by atoms with Gasteiger partial charge in [-0.25, -0.2) is 0 Å². The zero-order chi connectivity index (χ0) is 16.2. The van der Waals surface area contributed by atoms with E-state index in [1.165, 1.54) is 0 Å². The summed E-state index contributed by atoms with van der Waals surface area (Å²) in [6, 6.07) is 15.2. The molecule has 0 aromatic heterocycles. The molecular formula is C19H20N2O2. The molecule has 0 spiro atoms. The van der Waals surface area contributed by atoms with Crippen LogP contribution in [0.3, 0.4) is 0 Å². The Bertz CT molecular complexity index is 736. The third kappa shape index (κ3) is 3.97. The van der Waals surface area contributed by atoms with Crippen molar-refractivity contribution in [3.63, 3.8) is 0 Å². The maximum absolute atomic E-state index is 12.3. The van der Waals surface area contributed by atoms with Crippen molar-refractivity contribution in [1.82, 2.24) is 5.32 Å². The Morgan fingerprint density at radius 1 is 1.04 bits per heavy atom. The number of carbonyl (C=O) groups excluding carboxylic acids is 2. The molecule has 23 heavy (non-hydrogen) atoms. The predicted molar refractivity (Wildman–Crippen MR) is 90.4 cm³/mol. The number of benzene rings is 2. The van der Waals surface area contributed by atoms with Gasteiger partial charge in [-0.3, -0.25) is 9.59 Å². The SMILES string of the molecule is Cc1ccccc1CC(=O)Nc1ccccc1C(=O)NC1CC1. The lowest BCUT2D eigenvalue weighted by atomic mass is 10.1. The van der Waals surface area contributed by atoms with Crippen LogP contribution in [-0.4, -0.2) is 17.9 Å². The van der Waals surface area contributed by atoms with E-state index < -0.39 is 0 Å². The minimum absolute atomic E-state index is 0.119. The van der Waals surface area contributed by atoms with Gasteiger partial charge in [-0.2, -0.15) is 0 Å². The lowest BCUT2D eigenvalue weighted by Crippen LogP contribution is -2.27. The van der Waals surface area contributed by atoms with Crippen molar-refractivity contribution in [3.05, 3.63) is 65.2 Å². The maximum Gasteiger partial charge on any atom is 0.253 e. The van der Waals surface area contributed by atoms with Crippen LogP contribution in [0.15, 0.2) is 48.5 Å². The van der Waals surface area contributed by atoms with Crippen LogP contribution in [0, 0.1) is 6.92 Å². The average Bonchev–Trinajstić information content (AvgIpc) is 3.34. The molecule has 1 aliphatic rings. The summed E-state index contributed by atoms with van der Waals surface area (Å²) in [5, 5.41) is 5.81. The minimum Gasteiger partial charge on any atom is -0.349 e. The molecule has 2 N–H and O–H groups in total. The van der Waals surface area contributed by atoms with Crippen LogP contribution >= 0.6 is 0 Å². The number of hydrogen-bond acceptors (Lipinski definition) is 2. The van der Waals surface area contributed by atoms with Gasteiger partial charge in [0.15, 0.2) is 0 Å². The number of nitrogens with one attached hydrogen (secondary N) is 2. The lowest BCUT2D eigenvalue weighted by molar-refractivity contribution is -0.115. The molecule has 118 valence electrons. The van der Waals surface area contributed by atoms with Gasteiger partial charge in [-0.15, -0.1) is 0 Å². The summed E-state index contributed by atoms with van der Waals surface area (Å²) in [5.74, 6) is -0.245. The number of rotatable bonds is 5. The van der Waals surface area contributed by atoms with E-state index >= 15 is 0 Å². The molecule has 2 aromatic rings. The van der Waals surface area contributed by atoms with Crippen LogP contribution in [0.5, 0.6) is 0 Å². The summed E-state index contributed by atoms with van der Waals surface area (Å²) < 4.78 is 0. The molecule has 0 bridgehead atoms. The maximum atomic E-state index is 12.3. The van der Waals surface area contributed by atoms with Gasteiger partial charge in [-0.1, -0.05) is 36.4 Å². The van der Waals surface area contributed by atoms with Crippen molar-refractivity contribution in [2.45, 2.75) is 32.2 Å². The normalized spacial score (nSPS) is 13.4. The van der Waals surface area contributed by atoms with Gasteiger partial charge in [0.1, 0.15) is 0 Å². The zero-order valence-electron chi connectivity index (χ0n) is 13.1. The Labute approximate surface area is 135 Å². The van der Waals surface area contributed by atoms with Gasteiger partial charge in [0.25, 0.3) is 5.91 Å². The summed E-state index contributed by atoms with van der Waals surface area (Å²) in [6.07, 6.45) is 2.37. The Balaban J connectivity index is 1.70. The summed E-state index contributed by atoms with van der Waals surface area (Å²) in [6.45, 7) is 1.99. The Morgan fingerprint density at radius 3 is 2.48 bits per heavy atom. The fourth-order valence-electron chi connectivity index (χ4n) is 2.46. The van der Waals surface area contributed by atoms with Gasteiger partial charge in [0.2, 0.25) is 5.91 Å². The van der Waals surface area contributed by atoms with Gasteiger partial charge >= 0.3 is 0 Å². The largest absolute Gasteiger partial charge is 0.349 e. The van der Waals surface area contributed by atoms with E-state index in [2.05, 4.69) is 10.6 Å². The van der Waals surface area contributed by atoms with Gasteiger partial charge in [-0.05, 0) is 43.0 Å². The third-order valence-electron chi connectivity index (χ3n) is 3.97. The first-order chi connectivity index (χ1) is 11.1. The summed E-state index contributed by atoms with van der Waals surface area (Å²) in [4.78, 5) is 24.5. The van der Waals surface area contributed by atoms with E-state index in [4.69, 9.17) is 0 Å². The molecule has 2 amide bonds. The molecule has 0 saturated heterocycles. The number of aryl methyl sites for hydroxylation is 1. The van der Waals surface area contributed by atoms with Crippen molar-refractivity contribution in [1.29, 1.82) is 0 Å². The monoisotopic (exact) mass is 308 g/mol. The molecule has 0 aliphatic heterocycles. The molecule has 4 nitrogen and oxygen atoms in total. The van der Waals surface area contributed by atoms with Crippen LogP contribution < -0.4 is 10.6 Å². The van der Waals surface area contributed by atoms with E-state index in [0.717, 1.165) is 24.0 Å². The third-order valence-corrected chi connectivity index (χ3v) is 3.97. The quantitative estimate of drug-likeness (QED) is 0.892. The van der Waals surface area contributed by atoms with Gasteiger partial charge < -0.3 is 10.6 Å². The van der Waals surface area contributed by atoms with Gasteiger partial charge in [0.05, 0.1) is 17.7 Å². The highest BCUT2D eigenvalue weighted by Crippen LogP contribution is 2.21. The van der Waals surface area contributed by atoms with Crippen molar-refractivity contribution in [2.75, 3.05) is 5.32 Å². The highest BCUT2D eigenvalue weighted by Gasteiger charge is 2.25. The predicted octanol–water partition coefficient (Wildman–Crippen LogP) is 3.07. The van der Waals surface area contributed by atoms with Crippen molar-refractivity contribution in [3.8, 4) is 0 Å². The van der Waals surface area contributed by atoms with E-state index in [1.54, 1.807) is 18.2 Å². The van der Waals surface area contributed by atoms with Crippen LogP contribution in [0.1, 0.15) is 34.3 Å². The second-order valence-corrected chi connectivity index (χ2v) is 5.94. The second kappa shape index (κ2) is 6.65. The Hall–Kier alpha value is -2.62. The first-order valence-electron chi connectivity index (χ1n) is 7.88. The van der Waals surface area contributed by atoms with Crippen LogP contribution in [0.2, 0.25) is 0 Å². The minimum atomic E-state index is -0.126. The second-order valence-electron chi connectivity index (χ2n) is 5.94. The average molecular weight is 308 g/mol. The van der Waals surface area contributed by atoms with E-state index in [9.17, 15) is 9.59 Å². The molecule has 4 heteroatoms. The van der Waals surface area contributed by atoms with Crippen molar-refractivity contribution >= 4 is 17.5 Å². The molecular weight excluding hydrogens is 288 g/mol. The fraction of sp³-hybridized carbons (Fsp3) is 0.263. The molecule has 1 aliphatic carbocycles. The molecule has 1 fully saturated rings. The number of anilines is 1. The highest BCUT2D eigenvalue weighted by molar-refractivity contribution is 6.04. The number of para-hydroxylation sites is 1. The summed E-state index contributed by atoms with van der Waals surface area (Å²) in [5.41, 5.74) is 3.15. The molecule has 2 aromatic carbocycles. The number of carbonyl (C=O) groups is 2. The number of hydrogen-bond donors (Lipinski definition) is 2. The van der Waals surface area contributed by atoms with Crippen molar-refractivity contribution in [2.24, 2.45) is 0 Å². The number of amides is 2. The van der Waals surface area contributed by atoms with Crippen LogP contribution in [0.25, 0.3) is 0 Å². The smallest absolute Gasteiger partial charge is 0.253 e. The molecule has 3 rings (SSSR count). The molecule has 0 atom stereocenters. The van der Waals surface area contributed by atoms with E-state index in [0.29, 0.717) is 23.7 Å². The Morgan fingerprint density at radius 2 is 1.74 bits per heavy atom. The molecule has 1 saturated carbocycles. The lowest BCUT2D eigenvalue weighted by Gasteiger charge is -2.12. The first kappa shape index (κ1) is 15.3. The van der Waals surface area contributed by atoms with Gasteiger partial charge in [0, 0.05) is 6.04 Å². The Kier molecular flexibility index (Phi) is 4.42. The van der Waals surface area contributed by atoms with Crippen molar-refractivity contribution < 1.29 is 9.59 Å². The molecule has 0 heterocycles. The van der Waals surface area contributed by atoms with Crippen LogP contribution in [0.4, 0.5) is 5.69 Å². The van der Waals surface area contributed by atoms with E-state index in [1.807, 2.05) is 37.3 Å². The van der Waals surface area contributed by atoms with E-state index in [-0.39, 0.29) is 11.8 Å². The first-order valence-corrected chi connectivity index (χ1v) is 7.88. The summed E-state index contributed by atoms with van der Waals surface area (Å²) in [7, 11) is 0. The highest BCUT2D eigenvalue weighted by atomic mass is 16.2. The summed E-state index contributed by atoms with van der Waals surface area (Å²) >= 11 is 0. The molecule has 0 unspecified atom stereocenters. The topological polar surface area (TPSA) is 58.2 Å². The fourth-order valence-corrected chi connectivity index (χ4v) is 2.46.